The fourth-order valence-corrected chi connectivity index (χ4v) is 3.83. The van der Waals surface area contributed by atoms with Crippen LogP contribution in [0.4, 0.5) is 0 Å². The van der Waals surface area contributed by atoms with Gasteiger partial charge in [0.15, 0.2) is 11.5 Å². The molecule has 3 aliphatic rings. The Morgan fingerprint density at radius 2 is 2.24 bits per heavy atom. The number of nitrogens with zero attached hydrogens (tertiary/aromatic N) is 2. The summed E-state index contributed by atoms with van der Waals surface area (Å²) in [5.41, 5.74) is 4.52. The largest absolute Gasteiger partial charge is 0.454 e. The van der Waals surface area contributed by atoms with Gasteiger partial charge in [-0.15, -0.1) is 0 Å². The van der Waals surface area contributed by atoms with E-state index in [0.29, 0.717) is 18.0 Å². The smallest absolute Gasteiger partial charge is 0.250 e. The Labute approximate surface area is 149 Å². The SMILES string of the molecule is O=C1CSC(C2=CCN(CC(O)c3ccc4c(c3)OCO4)CC2)=NN1. The number of benzene rings is 1. The lowest BCUT2D eigenvalue weighted by Gasteiger charge is -2.29. The minimum Gasteiger partial charge on any atom is -0.454 e. The molecule has 0 fully saturated rings. The Hall–Kier alpha value is -2.03. The fraction of sp³-hybridized carbons (Fsp3) is 0.412. The molecule has 1 aromatic carbocycles. The van der Waals surface area contributed by atoms with Gasteiger partial charge in [0.25, 0.3) is 5.91 Å². The van der Waals surface area contributed by atoms with Crippen LogP contribution >= 0.6 is 11.8 Å². The summed E-state index contributed by atoms with van der Waals surface area (Å²) < 4.78 is 10.7. The van der Waals surface area contributed by atoms with Gasteiger partial charge in [-0.3, -0.25) is 9.69 Å². The lowest BCUT2D eigenvalue weighted by atomic mass is 10.1. The molecule has 2 N–H and O–H groups in total. The molecule has 3 aliphatic heterocycles. The number of rotatable bonds is 4. The second kappa shape index (κ2) is 7.07. The van der Waals surface area contributed by atoms with Crippen LogP contribution in [0.3, 0.4) is 0 Å². The van der Waals surface area contributed by atoms with Crippen LogP contribution in [0.15, 0.2) is 34.9 Å². The molecule has 7 nitrogen and oxygen atoms in total. The highest BCUT2D eigenvalue weighted by Gasteiger charge is 2.22. The maximum absolute atomic E-state index is 11.2. The third-order valence-electron chi connectivity index (χ3n) is 4.40. The van der Waals surface area contributed by atoms with Crippen LogP contribution in [0.1, 0.15) is 18.1 Å². The van der Waals surface area contributed by atoms with Gasteiger partial charge in [0, 0.05) is 19.6 Å². The standard InChI is InChI=1S/C17H19N3O4S/c21-13(12-1-2-14-15(7-12)24-10-23-14)8-20-5-3-11(4-6-20)17-19-18-16(22)9-25-17/h1-3,7,13,21H,4-6,8-10H2,(H,18,22). The highest BCUT2D eigenvalue weighted by molar-refractivity contribution is 8.15. The molecule has 0 radical (unpaired) electrons. The average molecular weight is 361 g/mol. The van der Waals surface area contributed by atoms with E-state index in [0.717, 1.165) is 35.9 Å². The molecule has 1 aromatic rings. The molecular weight excluding hydrogens is 342 g/mol. The average Bonchev–Trinajstić information content (AvgIpc) is 3.11. The number of aliphatic hydroxyl groups excluding tert-OH is 1. The lowest BCUT2D eigenvalue weighted by Crippen LogP contribution is -2.34. The van der Waals surface area contributed by atoms with E-state index < -0.39 is 6.10 Å². The monoisotopic (exact) mass is 361 g/mol. The van der Waals surface area contributed by atoms with Gasteiger partial charge >= 0.3 is 0 Å². The first kappa shape index (κ1) is 16.4. The van der Waals surface area contributed by atoms with Gasteiger partial charge in [0.1, 0.15) is 5.04 Å². The highest BCUT2D eigenvalue weighted by atomic mass is 32.2. The first-order chi connectivity index (χ1) is 12.2. The van der Waals surface area contributed by atoms with Crippen LogP contribution in [0, 0.1) is 0 Å². The normalized spacial score (nSPS) is 21.4. The third-order valence-corrected chi connectivity index (χ3v) is 5.44. The summed E-state index contributed by atoms with van der Waals surface area (Å²) in [5, 5.41) is 15.5. The molecule has 132 valence electrons. The van der Waals surface area contributed by atoms with Gasteiger partial charge in [-0.25, -0.2) is 5.43 Å². The van der Waals surface area contributed by atoms with Crippen LogP contribution in [-0.2, 0) is 4.79 Å². The van der Waals surface area contributed by atoms with Gasteiger partial charge in [-0.1, -0.05) is 23.9 Å². The molecule has 4 rings (SSSR count). The van der Waals surface area contributed by atoms with E-state index in [-0.39, 0.29) is 12.7 Å². The summed E-state index contributed by atoms with van der Waals surface area (Å²) in [5.74, 6) is 1.77. The minimum absolute atomic E-state index is 0.0568. The number of hydrogen-bond acceptors (Lipinski definition) is 7. The maximum atomic E-state index is 11.2. The van der Waals surface area contributed by atoms with Gasteiger partial charge in [0.2, 0.25) is 6.79 Å². The third kappa shape index (κ3) is 3.65. The second-order valence-corrected chi connectivity index (χ2v) is 7.07. The van der Waals surface area contributed by atoms with E-state index in [2.05, 4.69) is 21.5 Å². The quantitative estimate of drug-likeness (QED) is 0.840. The van der Waals surface area contributed by atoms with E-state index in [1.807, 2.05) is 18.2 Å². The van der Waals surface area contributed by atoms with Crippen molar-refractivity contribution in [3.8, 4) is 11.5 Å². The number of nitrogens with one attached hydrogen (secondary N) is 1. The maximum Gasteiger partial charge on any atom is 0.250 e. The van der Waals surface area contributed by atoms with Gasteiger partial charge in [-0.2, -0.15) is 5.10 Å². The van der Waals surface area contributed by atoms with Gasteiger partial charge in [-0.05, 0) is 29.7 Å². The first-order valence-corrected chi connectivity index (χ1v) is 9.16. The molecule has 0 saturated carbocycles. The molecule has 1 amide bonds. The minimum atomic E-state index is -0.579. The summed E-state index contributed by atoms with van der Waals surface area (Å²) in [7, 11) is 0. The molecule has 25 heavy (non-hydrogen) atoms. The van der Waals surface area contributed by atoms with Crippen molar-refractivity contribution in [1.82, 2.24) is 10.3 Å². The van der Waals surface area contributed by atoms with Crippen LogP contribution in [0.2, 0.25) is 0 Å². The van der Waals surface area contributed by atoms with E-state index in [1.54, 1.807) is 0 Å². The summed E-state index contributed by atoms with van der Waals surface area (Å²) in [6, 6.07) is 5.55. The van der Waals surface area contributed by atoms with Crippen molar-refractivity contribution in [1.29, 1.82) is 0 Å². The van der Waals surface area contributed by atoms with Crippen LogP contribution in [0.5, 0.6) is 11.5 Å². The molecule has 1 unspecified atom stereocenters. The number of hydrazone groups is 1. The summed E-state index contributed by atoms with van der Waals surface area (Å²) >= 11 is 1.48. The molecule has 0 aliphatic carbocycles. The van der Waals surface area contributed by atoms with Crippen molar-refractivity contribution in [3.05, 3.63) is 35.4 Å². The van der Waals surface area contributed by atoms with Crippen molar-refractivity contribution in [2.45, 2.75) is 12.5 Å². The van der Waals surface area contributed by atoms with Crippen molar-refractivity contribution in [2.75, 3.05) is 32.2 Å². The van der Waals surface area contributed by atoms with Crippen molar-refractivity contribution in [3.63, 3.8) is 0 Å². The molecular formula is C17H19N3O4S. The number of thioether (sulfide) groups is 1. The summed E-state index contributed by atoms with van der Waals surface area (Å²) in [6.45, 7) is 2.39. The molecule has 8 heteroatoms. The fourth-order valence-electron chi connectivity index (χ4n) is 3.02. The van der Waals surface area contributed by atoms with Gasteiger partial charge in [0.05, 0.1) is 11.9 Å². The van der Waals surface area contributed by atoms with Gasteiger partial charge < -0.3 is 14.6 Å². The Bertz CT molecular complexity index is 749. The zero-order chi connectivity index (χ0) is 17.2. The van der Waals surface area contributed by atoms with Crippen molar-refractivity contribution < 1.29 is 19.4 Å². The number of hydrogen-bond donors (Lipinski definition) is 2. The van der Waals surface area contributed by atoms with Crippen LogP contribution in [0.25, 0.3) is 0 Å². The molecule has 0 saturated heterocycles. The lowest BCUT2D eigenvalue weighted by molar-refractivity contribution is -0.118. The van der Waals surface area contributed by atoms with Crippen molar-refractivity contribution >= 4 is 22.7 Å². The number of amides is 1. The summed E-state index contributed by atoms with van der Waals surface area (Å²) in [6.07, 6.45) is 2.40. The number of carbonyl (C=O) groups is 1. The number of carbonyl (C=O) groups excluding carboxylic acids is 1. The zero-order valence-electron chi connectivity index (χ0n) is 13.6. The van der Waals surface area contributed by atoms with E-state index in [9.17, 15) is 9.90 Å². The van der Waals surface area contributed by atoms with E-state index in [4.69, 9.17) is 9.47 Å². The molecule has 0 bridgehead atoms. The number of aliphatic hydroxyl groups is 1. The highest BCUT2D eigenvalue weighted by Crippen LogP contribution is 2.34. The van der Waals surface area contributed by atoms with Crippen LogP contribution in [-0.4, -0.2) is 53.1 Å². The molecule has 1 atom stereocenters. The Kier molecular flexibility index (Phi) is 4.65. The zero-order valence-corrected chi connectivity index (χ0v) is 14.4. The molecule has 3 heterocycles. The Morgan fingerprint density at radius 3 is 3.00 bits per heavy atom. The predicted molar refractivity (Wildman–Crippen MR) is 94.7 cm³/mol. The predicted octanol–water partition coefficient (Wildman–Crippen LogP) is 1.26. The number of ether oxygens (including phenoxy) is 2. The first-order valence-electron chi connectivity index (χ1n) is 8.18. The molecule has 0 aromatic heterocycles. The van der Waals surface area contributed by atoms with E-state index in [1.165, 1.54) is 17.3 Å². The number of β-amino-alcohol motifs (C(OH)–C–C–N with tert-alkyl or cyclic N) is 1. The van der Waals surface area contributed by atoms with E-state index >= 15 is 0 Å². The number of fused-ring (bicyclic) bond motifs is 1. The second-order valence-electron chi connectivity index (χ2n) is 6.11. The molecule has 0 spiro atoms. The summed E-state index contributed by atoms with van der Waals surface area (Å²) in [4.78, 5) is 13.4. The van der Waals surface area contributed by atoms with Crippen LogP contribution < -0.4 is 14.9 Å². The topological polar surface area (TPSA) is 83.4 Å². The van der Waals surface area contributed by atoms with Crippen molar-refractivity contribution in [2.24, 2.45) is 5.10 Å². The Balaban J connectivity index is 1.36. The Morgan fingerprint density at radius 1 is 1.36 bits per heavy atom.